The maximum Gasteiger partial charge on any atom is 0.319 e. The van der Waals surface area contributed by atoms with E-state index in [1.165, 1.54) is 33.7 Å². The molecule has 0 atom stereocenters. The van der Waals surface area contributed by atoms with Crippen LogP contribution in [0, 0.1) is 0 Å². The van der Waals surface area contributed by atoms with Crippen LogP contribution in [0.25, 0.3) is 0 Å². The molecule has 2 heterocycles. The number of amides is 1. The number of hydrogen-bond acceptors (Lipinski definition) is 7. The lowest BCUT2D eigenvalue weighted by Crippen LogP contribution is -2.14. The fourth-order valence-electron chi connectivity index (χ4n) is 1.52. The Hall–Kier alpha value is -2.90. The summed E-state index contributed by atoms with van der Waals surface area (Å²) in [4.78, 5) is 24.0. The third-order valence-corrected chi connectivity index (χ3v) is 2.56. The highest BCUT2D eigenvalue weighted by molar-refractivity contribution is 6.04. The summed E-state index contributed by atoms with van der Waals surface area (Å²) in [6.45, 7) is 0. The second kappa shape index (κ2) is 6.51. The van der Waals surface area contributed by atoms with Gasteiger partial charge in [-0.1, -0.05) is 0 Å². The van der Waals surface area contributed by atoms with Gasteiger partial charge in [0.1, 0.15) is 5.69 Å². The molecule has 8 heteroatoms. The molecule has 0 fully saturated rings. The number of carbonyl (C=O) groups is 1. The van der Waals surface area contributed by atoms with Crippen molar-refractivity contribution < 1.29 is 19.0 Å². The predicted octanol–water partition coefficient (Wildman–Crippen LogP) is 1.15. The minimum absolute atomic E-state index is 0.149. The molecule has 0 aliphatic rings. The number of anilines is 1. The number of pyridine rings is 1. The molecule has 2 aromatic heterocycles. The van der Waals surface area contributed by atoms with Crippen LogP contribution in [0.3, 0.4) is 0 Å². The summed E-state index contributed by atoms with van der Waals surface area (Å²) >= 11 is 0. The van der Waals surface area contributed by atoms with E-state index in [-0.39, 0.29) is 17.8 Å². The van der Waals surface area contributed by atoms with Crippen molar-refractivity contribution in [2.24, 2.45) is 0 Å². The van der Waals surface area contributed by atoms with Gasteiger partial charge in [-0.05, 0) is 6.07 Å². The van der Waals surface area contributed by atoms with E-state index in [2.05, 4.69) is 20.3 Å². The number of carbonyl (C=O) groups excluding carboxylic acids is 1. The van der Waals surface area contributed by atoms with Gasteiger partial charge in [0, 0.05) is 12.3 Å². The normalized spacial score (nSPS) is 9.86. The molecule has 0 aliphatic heterocycles. The van der Waals surface area contributed by atoms with Gasteiger partial charge in [-0.15, -0.1) is 0 Å². The number of methoxy groups -OCH3 is 3. The number of hydrogen-bond donors (Lipinski definition) is 1. The van der Waals surface area contributed by atoms with Crippen molar-refractivity contribution in [1.82, 2.24) is 15.0 Å². The summed E-state index contributed by atoms with van der Waals surface area (Å²) < 4.78 is 14.9. The Morgan fingerprint density at radius 1 is 1.05 bits per heavy atom. The van der Waals surface area contributed by atoms with Crippen molar-refractivity contribution in [3.63, 3.8) is 0 Å². The Morgan fingerprint density at radius 2 is 1.86 bits per heavy atom. The first-order chi connectivity index (χ1) is 10.2. The van der Waals surface area contributed by atoms with Crippen molar-refractivity contribution in [3.05, 3.63) is 30.1 Å². The second-order valence-corrected chi connectivity index (χ2v) is 3.82. The second-order valence-electron chi connectivity index (χ2n) is 3.82. The van der Waals surface area contributed by atoms with Crippen LogP contribution in [-0.4, -0.2) is 42.2 Å². The van der Waals surface area contributed by atoms with E-state index in [0.29, 0.717) is 17.1 Å². The first-order valence-electron chi connectivity index (χ1n) is 5.94. The summed E-state index contributed by atoms with van der Waals surface area (Å²) in [5.41, 5.74) is 0.702. The van der Waals surface area contributed by atoms with Crippen molar-refractivity contribution in [1.29, 1.82) is 0 Å². The highest BCUT2D eigenvalue weighted by Crippen LogP contribution is 2.23. The fraction of sp³-hybridized carbons (Fsp3) is 0.231. The highest BCUT2D eigenvalue weighted by Gasteiger charge is 2.13. The number of rotatable bonds is 5. The molecule has 0 spiro atoms. The molecule has 0 saturated heterocycles. The van der Waals surface area contributed by atoms with Gasteiger partial charge in [-0.2, -0.15) is 4.98 Å². The third kappa shape index (κ3) is 3.35. The van der Waals surface area contributed by atoms with Gasteiger partial charge in [-0.3, -0.25) is 4.79 Å². The average Bonchev–Trinajstić information content (AvgIpc) is 2.55. The molecule has 1 amide bonds. The van der Waals surface area contributed by atoms with Crippen molar-refractivity contribution in [2.75, 3.05) is 26.6 Å². The summed E-state index contributed by atoms with van der Waals surface area (Å²) in [6, 6.07) is 3.34. The van der Waals surface area contributed by atoms with E-state index in [1.54, 1.807) is 12.1 Å². The summed E-state index contributed by atoms with van der Waals surface area (Å²) in [5, 5.41) is 2.64. The van der Waals surface area contributed by atoms with Crippen LogP contribution >= 0.6 is 0 Å². The van der Waals surface area contributed by atoms with Gasteiger partial charge in [0.15, 0.2) is 0 Å². The Morgan fingerprint density at radius 3 is 2.43 bits per heavy atom. The first-order valence-corrected chi connectivity index (χ1v) is 5.94. The van der Waals surface area contributed by atoms with Crippen LogP contribution in [0.15, 0.2) is 24.5 Å². The monoisotopic (exact) mass is 290 g/mol. The van der Waals surface area contributed by atoms with Crippen molar-refractivity contribution >= 4 is 11.6 Å². The molecule has 1 N–H and O–H groups in total. The minimum atomic E-state index is -0.364. The molecule has 110 valence electrons. The van der Waals surface area contributed by atoms with Crippen LogP contribution in [-0.2, 0) is 0 Å². The molecule has 21 heavy (non-hydrogen) atoms. The zero-order valence-corrected chi connectivity index (χ0v) is 11.8. The van der Waals surface area contributed by atoms with Gasteiger partial charge < -0.3 is 19.5 Å². The van der Waals surface area contributed by atoms with E-state index in [9.17, 15) is 4.79 Å². The van der Waals surface area contributed by atoms with E-state index < -0.39 is 0 Å². The average molecular weight is 290 g/mol. The van der Waals surface area contributed by atoms with E-state index in [1.807, 2.05) is 0 Å². The summed E-state index contributed by atoms with van der Waals surface area (Å²) in [6.07, 6.45) is 2.81. The maximum absolute atomic E-state index is 12.1. The lowest BCUT2D eigenvalue weighted by molar-refractivity contribution is 0.102. The SMILES string of the molecule is COc1ccc(C(=O)Nc2cnc(OC)nc2OC)cn1. The molecule has 0 bridgehead atoms. The molecule has 2 aromatic rings. The zero-order valence-electron chi connectivity index (χ0n) is 11.8. The molecule has 8 nitrogen and oxygen atoms in total. The van der Waals surface area contributed by atoms with Crippen LogP contribution in [0.4, 0.5) is 5.69 Å². The van der Waals surface area contributed by atoms with Gasteiger partial charge in [0.25, 0.3) is 5.91 Å². The quantitative estimate of drug-likeness (QED) is 0.882. The number of aromatic nitrogens is 3. The summed E-state index contributed by atoms with van der Waals surface area (Å²) in [7, 11) is 4.38. The van der Waals surface area contributed by atoms with Gasteiger partial charge in [0.05, 0.1) is 33.1 Å². The minimum Gasteiger partial charge on any atom is -0.481 e. The molecule has 0 radical (unpaired) electrons. The largest absolute Gasteiger partial charge is 0.481 e. The summed E-state index contributed by atoms with van der Waals surface area (Å²) in [5.74, 6) is 0.269. The van der Waals surface area contributed by atoms with Crippen molar-refractivity contribution in [3.8, 4) is 17.8 Å². The van der Waals surface area contributed by atoms with Gasteiger partial charge >= 0.3 is 6.01 Å². The number of ether oxygens (including phenoxy) is 3. The van der Waals surface area contributed by atoms with Crippen LogP contribution in [0.2, 0.25) is 0 Å². The zero-order chi connectivity index (χ0) is 15.2. The van der Waals surface area contributed by atoms with E-state index >= 15 is 0 Å². The maximum atomic E-state index is 12.1. The topological polar surface area (TPSA) is 95.5 Å². The van der Waals surface area contributed by atoms with Crippen molar-refractivity contribution in [2.45, 2.75) is 0 Å². The molecule has 0 unspecified atom stereocenters. The lowest BCUT2D eigenvalue weighted by atomic mass is 10.2. The third-order valence-electron chi connectivity index (χ3n) is 2.56. The Kier molecular flexibility index (Phi) is 4.50. The fourth-order valence-corrected chi connectivity index (χ4v) is 1.52. The molecule has 0 aliphatic carbocycles. The van der Waals surface area contributed by atoms with E-state index in [4.69, 9.17) is 14.2 Å². The standard InChI is InChI=1S/C13H14N4O4/c1-19-10-5-4-8(6-14-10)11(18)16-9-7-15-13(21-3)17-12(9)20-2/h4-7H,1-3H3,(H,16,18). The Bertz CT molecular complexity index is 631. The number of nitrogens with one attached hydrogen (secondary N) is 1. The lowest BCUT2D eigenvalue weighted by Gasteiger charge is -2.09. The first kappa shape index (κ1) is 14.5. The molecular weight excluding hydrogens is 276 g/mol. The van der Waals surface area contributed by atoms with Crippen LogP contribution in [0.1, 0.15) is 10.4 Å². The van der Waals surface area contributed by atoms with Gasteiger partial charge in [0.2, 0.25) is 11.8 Å². The Labute approximate surface area is 121 Å². The molecule has 0 saturated carbocycles. The van der Waals surface area contributed by atoms with Gasteiger partial charge in [-0.25, -0.2) is 9.97 Å². The van der Waals surface area contributed by atoms with Crippen LogP contribution < -0.4 is 19.5 Å². The molecule has 0 aromatic carbocycles. The smallest absolute Gasteiger partial charge is 0.319 e. The van der Waals surface area contributed by atoms with Crippen LogP contribution in [0.5, 0.6) is 17.8 Å². The highest BCUT2D eigenvalue weighted by atomic mass is 16.5. The van der Waals surface area contributed by atoms with E-state index in [0.717, 1.165) is 0 Å². The molecular formula is C13H14N4O4. The predicted molar refractivity (Wildman–Crippen MR) is 73.9 cm³/mol. The molecule has 2 rings (SSSR count). The Balaban J connectivity index is 2.18. The number of nitrogens with zero attached hydrogens (tertiary/aromatic N) is 3.